The number of methoxy groups -OCH3 is 1. The largest absolute Gasteiger partial charge is 0.494 e. The molecule has 0 aliphatic carbocycles. The second-order valence-electron chi connectivity index (χ2n) is 7.38. The molecular formula is C23H31NO3. The lowest BCUT2D eigenvalue weighted by molar-refractivity contribution is 0.289. The van der Waals surface area contributed by atoms with Crippen molar-refractivity contribution in [2.75, 3.05) is 26.9 Å². The van der Waals surface area contributed by atoms with Gasteiger partial charge in [0.2, 0.25) is 0 Å². The zero-order valence-electron chi connectivity index (χ0n) is 16.9. The van der Waals surface area contributed by atoms with E-state index in [4.69, 9.17) is 14.2 Å². The van der Waals surface area contributed by atoms with Gasteiger partial charge in [-0.15, -0.1) is 0 Å². The van der Waals surface area contributed by atoms with Crippen LogP contribution >= 0.6 is 0 Å². The van der Waals surface area contributed by atoms with E-state index in [1.165, 1.54) is 16.7 Å². The molecule has 0 spiro atoms. The van der Waals surface area contributed by atoms with Crippen molar-refractivity contribution in [3.8, 4) is 17.2 Å². The van der Waals surface area contributed by atoms with Crippen molar-refractivity contribution in [1.82, 2.24) is 5.32 Å². The normalized spacial score (nSPS) is 16.1. The molecule has 0 aromatic heterocycles. The average molecular weight is 370 g/mol. The molecule has 1 N–H and O–H groups in total. The van der Waals surface area contributed by atoms with Crippen molar-refractivity contribution in [2.45, 2.75) is 39.7 Å². The Balaban J connectivity index is 1.87. The number of fused-ring (bicyclic) bond motifs is 1. The highest BCUT2D eigenvalue weighted by molar-refractivity contribution is 5.52. The molecular weight excluding hydrogens is 338 g/mol. The molecule has 0 saturated heterocycles. The number of ether oxygens (including phenoxy) is 3. The maximum absolute atomic E-state index is 5.96. The van der Waals surface area contributed by atoms with Crippen molar-refractivity contribution in [2.24, 2.45) is 5.92 Å². The predicted molar refractivity (Wildman–Crippen MR) is 109 cm³/mol. The molecule has 2 aromatic rings. The molecule has 0 radical (unpaired) electrons. The van der Waals surface area contributed by atoms with Gasteiger partial charge < -0.3 is 19.5 Å². The predicted octanol–water partition coefficient (Wildman–Crippen LogP) is 4.75. The molecule has 4 nitrogen and oxygen atoms in total. The molecule has 1 aliphatic heterocycles. The molecule has 3 rings (SSSR count). The molecule has 1 heterocycles. The van der Waals surface area contributed by atoms with Crippen LogP contribution < -0.4 is 19.5 Å². The van der Waals surface area contributed by atoms with Crippen LogP contribution in [0.3, 0.4) is 0 Å². The molecule has 4 heteroatoms. The van der Waals surface area contributed by atoms with E-state index >= 15 is 0 Å². The SMILES string of the molecule is CCOc1cc2c(cc1OC)CCNC2c1cccc(OCCC(C)C)c1. The average Bonchev–Trinajstić information content (AvgIpc) is 2.67. The molecule has 0 fully saturated rings. The second kappa shape index (κ2) is 9.14. The van der Waals surface area contributed by atoms with Crippen molar-refractivity contribution in [1.29, 1.82) is 0 Å². The first kappa shape index (κ1) is 19.6. The van der Waals surface area contributed by atoms with Crippen LogP contribution in [0.25, 0.3) is 0 Å². The first-order valence-electron chi connectivity index (χ1n) is 9.92. The van der Waals surface area contributed by atoms with Gasteiger partial charge in [-0.05, 0) is 66.6 Å². The number of nitrogens with one attached hydrogen (secondary N) is 1. The Morgan fingerprint density at radius 1 is 1.11 bits per heavy atom. The van der Waals surface area contributed by atoms with Gasteiger partial charge in [-0.3, -0.25) is 0 Å². The summed E-state index contributed by atoms with van der Waals surface area (Å²) in [5.41, 5.74) is 3.78. The van der Waals surface area contributed by atoms with Crippen LogP contribution in [0, 0.1) is 5.92 Å². The molecule has 27 heavy (non-hydrogen) atoms. The van der Waals surface area contributed by atoms with Crippen LogP contribution in [0.2, 0.25) is 0 Å². The highest BCUT2D eigenvalue weighted by Crippen LogP contribution is 2.38. The highest BCUT2D eigenvalue weighted by atomic mass is 16.5. The summed E-state index contributed by atoms with van der Waals surface area (Å²) in [7, 11) is 1.70. The topological polar surface area (TPSA) is 39.7 Å². The highest BCUT2D eigenvalue weighted by Gasteiger charge is 2.24. The summed E-state index contributed by atoms with van der Waals surface area (Å²) in [6, 6.07) is 12.8. The van der Waals surface area contributed by atoms with E-state index in [0.29, 0.717) is 12.5 Å². The lowest BCUT2D eigenvalue weighted by atomic mass is 9.89. The van der Waals surface area contributed by atoms with Crippen molar-refractivity contribution in [3.05, 3.63) is 53.1 Å². The Bertz CT molecular complexity index is 757. The van der Waals surface area contributed by atoms with E-state index in [0.717, 1.165) is 43.2 Å². The van der Waals surface area contributed by atoms with Crippen LogP contribution in [0.4, 0.5) is 0 Å². The van der Waals surface area contributed by atoms with Crippen LogP contribution in [0.15, 0.2) is 36.4 Å². The van der Waals surface area contributed by atoms with Crippen molar-refractivity contribution < 1.29 is 14.2 Å². The van der Waals surface area contributed by atoms with Gasteiger partial charge in [0.1, 0.15) is 5.75 Å². The number of benzene rings is 2. The smallest absolute Gasteiger partial charge is 0.161 e. The van der Waals surface area contributed by atoms with Crippen molar-refractivity contribution in [3.63, 3.8) is 0 Å². The second-order valence-corrected chi connectivity index (χ2v) is 7.38. The zero-order chi connectivity index (χ0) is 19.2. The van der Waals surface area contributed by atoms with Crippen molar-refractivity contribution >= 4 is 0 Å². The van der Waals surface area contributed by atoms with E-state index < -0.39 is 0 Å². The summed E-state index contributed by atoms with van der Waals surface area (Å²) in [6.45, 7) is 8.73. The van der Waals surface area contributed by atoms with Gasteiger partial charge >= 0.3 is 0 Å². The van der Waals surface area contributed by atoms with Crippen LogP contribution in [-0.2, 0) is 6.42 Å². The summed E-state index contributed by atoms with van der Waals surface area (Å²) in [5.74, 6) is 3.19. The number of rotatable bonds is 8. The lowest BCUT2D eigenvalue weighted by Gasteiger charge is -2.29. The maximum atomic E-state index is 5.96. The van der Waals surface area contributed by atoms with E-state index in [9.17, 15) is 0 Å². The van der Waals surface area contributed by atoms with Crippen LogP contribution in [-0.4, -0.2) is 26.9 Å². The van der Waals surface area contributed by atoms with Gasteiger partial charge in [0, 0.05) is 6.54 Å². The molecule has 0 bridgehead atoms. The van der Waals surface area contributed by atoms with E-state index in [1.54, 1.807) is 7.11 Å². The fraction of sp³-hybridized carbons (Fsp3) is 0.478. The van der Waals surface area contributed by atoms with Crippen LogP contribution in [0.1, 0.15) is 49.9 Å². The summed E-state index contributed by atoms with van der Waals surface area (Å²) in [5, 5.41) is 3.65. The summed E-state index contributed by atoms with van der Waals surface area (Å²) < 4.78 is 17.3. The minimum atomic E-state index is 0.132. The Morgan fingerprint density at radius 2 is 1.96 bits per heavy atom. The maximum Gasteiger partial charge on any atom is 0.161 e. The minimum Gasteiger partial charge on any atom is -0.494 e. The van der Waals surface area contributed by atoms with Gasteiger partial charge in [-0.1, -0.05) is 26.0 Å². The van der Waals surface area contributed by atoms with Gasteiger partial charge in [0.15, 0.2) is 11.5 Å². The molecule has 0 amide bonds. The third-order valence-corrected chi connectivity index (χ3v) is 4.93. The Hall–Kier alpha value is -2.20. The molecule has 1 aliphatic rings. The standard InChI is InChI=1S/C23H31NO3/c1-5-26-22-15-20-17(14-21(22)25-4)9-11-24-23(20)18-7-6-8-19(13-18)27-12-10-16(2)3/h6-8,13-16,23-24H,5,9-12H2,1-4H3. The fourth-order valence-corrected chi connectivity index (χ4v) is 3.49. The summed E-state index contributed by atoms with van der Waals surface area (Å²) in [4.78, 5) is 0. The molecule has 146 valence electrons. The van der Waals surface area contributed by atoms with E-state index in [2.05, 4.69) is 49.5 Å². The van der Waals surface area contributed by atoms with Gasteiger partial charge in [-0.2, -0.15) is 0 Å². The van der Waals surface area contributed by atoms with Crippen LogP contribution in [0.5, 0.6) is 17.2 Å². The lowest BCUT2D eigenvalue weighted by Crippen LogP contribution is -2.30. The van der Waals surface area contributed by atoms with Gasteiger partial charge in [0.05, 0.1) is 26.4 Å². The minimum absolute atomic E-state index is 0.132. The molecule has 1 atom stereocenters. The molecule has 2 aromatic carbocycles. The monoisotopic (exact) mass is 369 g/mol. The Labute approximate surface area is 162 Å². The first-order chi connectivity index (χ1) is 13.1. The number of hydrogen-bond donors (Lipinski definition) is 1. The Morgan fingerprint density at radius 3 is 2.70 bits per heavy atom. The quantitative estimate of drug-likeness (QED) is 0.729. The fourth-order valence-electron chi connectivity index (χ4n) is 3.49. The summed E-state index contributed by atoms with van der Waals surface area (Å²) in [6.07, 6.45) is 2.05. The third-order valence-electron chi connectivity index (χ3n) is 4.93. The van der Waals surface area contributed by atoms with E-state index in [1.807, 2.05) is 13.0 Å². The summed E-state index contributed by atoms with van der Waals surface area (Å²) >= 11 is 0. The molecule has 0 saturated carbocycles. The zero-order valence-corrected chi connectivity index (χ0v) is 16.9. The van der Waals surface area contributed by atoms with Gasteiger partial charge in [0.25, 0.3) is 0 Å². The first-order valence-corrected chi connectivity index (χ1v) is 9.92. The Kier molecular flexibility index (Phi) is 6.62. The van der Waals surface area contributed by atoms with Gasteiger partial charge in [-0.25, -0.2) is 0 Å². The molecule has 1 unspecified atom stereocenters. The van der Waals surface area contributed by atoms with E-state index in [-0.39, 0.29) is 6.04 Å². The number of hydrogen-bond acceptors (Lipinski definition) is 4. The third kappa shape index (κ3) is 4.75.